The molecule has 0 aromatic heterocycles. The van der Waals surface area contributed by atoms with Gasteiger partial charge in [0.2, 0.25) is 0 Å². The number of carboxylic acids is 1. The Morgan fingerprint density at radius 1 is 1.58 bits per heavy atom. The van der Waals surface area contributed by atoms with E-state index in [1.54, 1.807) is 0 Å². The molecule has 0 aromatic rings. The van der Waals surface area contributed by atoms with Gasteiger partial charge < -0.3 is 5.11 Å². The second kappa shape index (κ2) is 3.08. The van der Waals surface area contributed by atoms with Crippen LogP contribution < -0.4 is 0 Å². The summed E-state index contributed by atoms with van der Waals surface area (Å²) in [7, 11) is 0. The molecule has 0 aliphatic heterocycles. The molecule has 1 fully saturated rings. The highest BCUT2D eigenvalue weighted by atomic mass is 16.4. The predicted molar refractivity (Wildman–Crippen MR) is 47.9 cm³/mol. The molecular weight excluding hydrogens is 152 g/mol. The van der Waals surface area contributed by atoms with Crippen LogP contribution in [0.1, 0.15) is 40.0 Å². The molecule has 2 nitrogen and oxygen atoms in total. The Kier molecular flexibility index (Phi) is 2.45. The van der Waals surface area contributed by atoms with Gasteiger partial charge in [-0.2, -0.15) is 0 Å². The maximum atomic E-state index is 11.0. The van der Waals surface area contributed by atoms with Gasteiger partial charge in [0.1, 0.15) is 0 Å². The van der Waals surface area contributed by atoms with E-state index in [2.05, 4.69) is 13.8 Å². The summed E-state index contributed by atoms with van der Waals surface area (Å²) >= 11 is 0. The zero-order valence-electron chi connectivity index (χ0n) is 8.13. The molecule has 2 atom stereocenters. The number of rotatable bonds is 2. The van der Waals surface area contributed by atoms with Crippen molar-refractivity contribution in [2.75, 3.05) is 0 Å². The smallest absolute Gasteiger partial charge is 0.309 e. The van der Waals surface area contributed by atoms with E-state index >= 15 is 0 Å². The molecule has 0 heterocycles. The van der Waals surface area contributed by atoms with Crippen molar-refractivity contribution in [3.63, 3.8) is 0 Å². The lowest BCUT2D eigenvalue weighted by molar-refractivity contribution is -0.151. The van der Waals surface area contributed by atoms with Gasteiger partial charge in [-0.3, -0.25) is 4.79 Å². The predicted octanol–water partition coefficient (Wildman–Crippen LogP) is 2.53. The van der Waals surface area contributed by atoms with E-state index in [9.17, 15) is 4.79 Å². The van der Waals surface area contributed by atoms with E-state index < -0.39 is 11.4 Å². The van der Waals surface area contributed by atoms with Gasteiger partial charge in [-0.05, 0) is 31.6 Å². The van der Waals surface area contributed by atoms with Crippen LogP contribution in [-0.4, -0.2) is 11.1 Å². The average molecular weight is 170 g/mol. The largest absolute Gasteiger partial charge is 0.481 e. The zero-order chi connectivity index (χ0) is 9.35. The van der Waals surface area contributed by atoms with E-state index in [1.807, 2.05) is 6.92 Å². The third-order valence-corrected chi connectivity index (χ3v) is 3.32. The van der Waals surface area contributed by atoms with Gasteiger partial charge in [-0.1, -0.05) is 20.3 Å². The summed E-state index contributed by atoms with van der Waals surface area (Å²) in [5, 5.41) is 9.09. The molecule has 0 radical (unpaired) electrons. The molecule has 0 spiro atoms. The van der Waals surface area contributed by atoms with Crippen molar-refractivity contribution in [2.24, 2.45) is 17.3 Å². The maximum absolute atomic E-state index is 11.0. The highest BCUT2D eigenvalue weighted by molar-refractivity contribution is 5.75. The van der Waals surface area contributed by atoms with Crippen LogP contribution in [0.3, 0.4) is 0 Å². The summed E-state index contributed by atoms with van der Waals surface area (Å²) in [6, 6.07) is 0. The highest BCUT2D eigenvalue weighted by Crippen LogP contribution is 2.46. The molecule has 12 heavy (non-hydrogen) atoms. The molecule has 1 saturated carbocycles. The van der Waals surface area contributed by atoms with Crippen molar-refractivity contribution in [2.45, 2.75) is 40.0 Å². The minimum Gasteiger partial charge on any atom is -0.481 e. The van der Waals surface area contributed by atoms with Gasteiger partial charge in [0.25, 0.3) is 0 Å². The number of hydrogen-bond acceptors (Lipinski definition) is 1. The van der Waals surface area contributed by atoms with Crippen LogP contribution in [0, 0.1) is 17.3 Å². The molecule has 0 bridgehead atoms. The summed E-state index contributed by atoms with van der Waals surface area (Å²) in [4.78, 5) is 11.0. The second-order valence-electron chi connectivity index (χ2n) is 4.47. The lowest BCUT2D eigenvalue weighted by atomic mass is 9.74. The summed E-state index contributed by atoms with van der Waals surface area (Å²) in [5.74, 6) is 0.252. The third kappa shape index (κ3) is 1.35. The summed E-state index contributed by atoms with van der Waals surface area (Å²) in [6.45, 7) is 6.14. The van der Waals surface area contributed by atoms with Gasteiger partial charge in [-0.25, -0.2) is 0 Å². The fraction of sp³-hybridized carbons (Fsp3) is 0.900. The number of aliphatic carboxylic acids is 1. The number of hydrogen-bond donors (Lipinski definition) is 1. The molecular formula is C10H18O2. The van der Waals surface area contributed by atoms with Crippen LogP contribution in [0.25, 0.3) is 0 Å². The molecule has 0 saturated heterocycles. The molecule has 1 N–H and O–H groups in total. The van der Waals surface area contributed by atoms with Crippen LogP contribution in [-0.2, 0) is 4.79 Å². The monoisotopic (exact) mass is 170 g/mol. The first-order valence-corrected chi connectivity index (χ1v) is 4.72. The molecule has 2 heteroatoms. The topological polar surface area (TPSA) is 37.3 Å². The maximum Gasteiger partial charge on any atom is 0.309 e. The van der Waals surface area contributed by atoms with Crippen LogP contribution in [0.15, 0.2) is 0 Å². The first-order chi connectivity index (χ1) is 5.48. The quantitative estimate of drug-likeness (QED) is 0.691. The van der Waals surface area contributed by atoms with Crippen LogP contribution in [0.4, 0.5) is 0 Å². The van der Waals surface area contributed by atoms with Crippen molar-refractivity contribution >= 4 is 5.97 Å². The minimum absolute atomic E-state index is 0.370. The van der Waals surface area contributed by atoms with Crippen LogP contribution >= 0.6 is 0 Å². The normalized spacial score (nSPS) is 35.8. The second-order valence-corrected chi connectivity index (χ2v) is 4.47. The van der Waals surface area contributed by atoms with Gasteiger partial charge in [0.05, 0.1) is 5.41 Å². The van der Waals surface area contributed by atoms with Gasteiger partial charge in [0, 0.05) is 0 Å². The van der Waals surface area contributed by atoms with E-state index in [0.29, 0.717) is 11.8 Å². The highest BCUT2D eigenvalue weighted by Gasteiger charge is 2.45. The summed E-state index contributed by atoms with van der Waals surface area (Å²) < 4.78 is 0. The Morgan fingerprint density at radius 3 is 2.50 bits per heavy atom. The molecule has 70 valence electrons. The molecule has 1 aliphatic carbocycles. The van der Waals surface area contributed by atoms with Crippen LogP contribution in [0.2, 0.25) is 0 Å². The first-order valence-electron chi connectivity index (χ1n) is 4.72. The molecule has 0 aromatic carbocycles. The number of carboxylic acid groups (broad SMARTS) is 1. The average Bonchev–Trinajstić information content (AvgIpc) is 2.32. The Bertz CT molecular complexity index is 186. The first kappa shape index (κ1) is 9.56. The van der Waals surface area contributed by atoms with Crippen molar-refractivity contribution < 1.29 is 9.90 Å². The van der Waals surface area contributed by atoms with E-state index in [4.69, 9.17) is 5.11 Å². The molecule has 2 unspecified atom stereocenters. The standard InChI is InChI=1S/C10H18O2/c1-7(2)8-5-4-6-10(8,3)9(11)12/h7-8H,4-6H2,1-3H3,(H,11,12). The Morgan fingerprint density at radius 2 is 2.17 bits per heavy atom. The van der Waals surface area contributed by atoms with Crippen molar-refractivity contribution in [1.82, 2.24) is 0 Å². The van der Waals surface area contributed by atoms with E-state index in [0.717, 1.165) is 19.3 Å². The number of carbonyl (C=O) groups is 1. The third-order valence-electron chi connectivity index (χ3n) is 3.32. The van der Waals surface area contributed by atoms with E-state index in [1.165, 1.54) is 0 Å². The summed E-state index contributed by atoms with van der Waals surface area (Å²) in [5.41, 5.74) is -0.450. The fourth-order valence-electron chi connectivity index (χ4n) is 2.53. The van der Waals surface area contributed by atoms with Crippen molar-refractivity contribution in [1.29, 1.82) is 0 Å². The van der Waals surface area contributed by atoms with Gasteiger partial charge in [0.15, 0.2) is 0 Å². The lowest BCUT2D eigenvalue weighted by Crippen LogP contribution is -2.34. The van der Waals surface area contributed by atoms with Gasteiger partial charge in [-0.15, -0.1) is 0 Å². The Labute approximate surface area is 74.0 Å². The van der Waals surface area contributed by atoms with Crippen molar-refractivity contribution in [3.8, 4) is 0 Å². The lowest BCUT2D eigenvalue weighted by Gasteiger charge is -2.29. The molecule has 0 amide bonds. The van der Waals surface area contributed by atoms with Crippen LogP contribution in [0.5, 0.6) is 0 Å². The Balaban J connectivity index is 2.81. The Hall–Kier alpha value is -0.530. The van der Waals surface area contributed by atoms with Crippen molar-refractivity contribution in [3.05, 3.63) is 0 Å². The van der Waals surface area contributed by atoms with Gasteiger partial charge >= 0.3 is 5.97 Å². The SMILES string of the molecule is CC(C)C1CCCC1(C)C(=O)O. The zero-order valence-corrected chi connectivity index (χ0v) is 8.13. The molecule has 1 rings (SSSR count). The molecule has 1 aliphatic rings. The summed E-state index contributed by atoms with van der Waals surface area (Å²) in [6.07, 6.45) is 3.01. The minimum atomic E-state index is -0.612. The van der Waals surface area contributed by atoms with E-state index in [-0.39, 0.29) is 0 Å². The fourth-order valence-corrected chi connectivity index (χ4v) is 2.53.